The second kappa shape index (κ2) is 82.4. The maximum absolute atomic E-state index is 13.1. The summed E-state index contributed by atoms with van der Waals surface area (Å²) in [6.07, 6.45) is 105. The van der Waals surface area contributed by atoms with Crippen LogP contribution < -0.4 is 0 Å². The molecule has 0 rings (SSSR count). The largest absolute Gasteiger partial charge is 0.472 e. The Hall–Kier alpha value is -6.62. The molecule has 0 saturated heterocycles. The van der Waals surface area contributed by atoms with E-state index in [1.807, 2.05) is 24.3 Å². The van der Waals surface area contributed by atoms with Crippen LogP contribution in [-0.2, 0) is 65.4 Å². The van der Waals surface area contributed by atoms with Crippen molar-refractivity contribution in [2.24, 2.45) is 0 Å². The van der Waals surface area contributed by atoms with Gasteiger partial charge in [0.05, 0.1) is 26.4 Å². The van der Waals surface area contributed by atoms with Crippen molar-refractivity contribution in [1.82, 2.24) is 0 Å². The Bertz CT molecular complexity index is 2990. The van der Waals surface area contributed by atoms with E-state index in [0.29, 0.717) is 38.5 Å². The number of rotatable bonds is 76. The molecule has 0 bridgehead atoms. The van der Waals surface area contributed by atoms with Gasteiger partial charge in [0.25, 0.3) is 0 Å². The predicted molar refractivity (Wildman–Crippen MR) is 463 cm³/mol. The van der Waals surface area contributed by atoms with Crippen LogP contribution in [-0.4, -0.2) is 96.7 Å². The van der Waals surface area contributed by atoms with Crippen molar-refractivity contribution in [1.29, 1.82) is 0 Å². The van der Waals surface area contributed by atoms with Gasteiger partial charge in [-0.1, -0.05) is 291 Å². The first-order valence-electron chi connectivity index (χ1n) is 42.0. The molecule has 0 radical (unpaired) electrons. The molecule has 0 saturated carbocycles. The van der Waals surface area contributed by atoms with Crippen LogP contribution in [0.2, 0.25) is 0 Å². The molecule has 17 nitrogen and oxygen atoms in total. The minimum Gasteiger partial charge on any atom is -0.462 e. The molecule has 0 aromatic rings. The number of allylic oxidation sites excluding steroid dienone is 36. The first kappa shape index (κ1) is 105. The Kier molecular flexibility index (Phi) is 77.5. The van der Waals surface area contributed by atoms with Gasteiger partial charge in [-0.15, -0.1) is 0 Å². The van der Waals surface area contributed by atoms with E-state index in [1.54, 1.807) is 0 Å². The number of phosphoric ester groups is 2. The maximum atomic E-state index is 13.1. The highest BCUT2D eigenvalue weighted by atomic mass is 31.2. The number of unbranched alkanes of at least 4 members (excludes halogenated alkanes) is 14. The number of phosphoric acid groups is 2. The summed E-state index contributed by atoms with van der Waals surface area (Å²) in [5, 5.41) is 10.7. The topological polar surface area (TPSA) is 237 Å². The average molecular weight is 1600 g/mol. The van der Waals surface area contributed by atoms with Crippen molar-refractivity contribution in [2.75, 3.05) is 39.6 Å². The highest BCUT2D eigenvalue weighted by Gasteiger charge is 2.30. The van der Waals surface area contributed by atoms with Gasteiger partial charge in [-0.3, -0.25) is 37.3 Å². The summed E-state index contributed by atoms with van der Waals surface area (Å²) >= 11 is 0. The van der Waals surface area contributed by atoms with Gasteiger partial charge in [-0.2, -0.15) is 0 Å². The smallest absolute Gasteiger partial charge is 0.462 e. The Morgan fingerprint density at radius 1 is 0.259 bits per heavy atom. The number of aliphatic hydroxyl groups excluding tert-OH is 1. The Labute approximate surface area is 677 Å². The molecule has 0 aromatic carbocycles. The molecule has 0 fully saturated rings. The van der Waals surface area contributed by atoms with Crippen molar-refractivity contribution < 1.29 is 80.2 Å². The molecular weight excluding hydrogens is 1450 g/mol. The fourth-order valence-electron chi connectivity index (χ4n) is 10.2. The summed E-state index contributed by atoms with van der Waals surface area (Å²) in [6.45, 7) is 4.29. The van der Waals surface area contributed by atoms with Gasteiger partial charge >= 0.3 is 39.5 Å². The molecule has 0 heterocycles. The van der Waals surface area contributed by atoms with E-state index < -0.39 is 97.5 Å². The predicted octanol–water partition coefficient (Wildman–Crippen LogP) is 25.2. The van der Waals surface area contributed by atoms with E-state index in [2.05, 4.69) is 222 Å². The summed E-state index contributed by atoms with van der Waals surface area (Å²) in [5.74, 6) is -2.40. The minimum atomic E-state index is -5.02. The molecule has 5 atom stereocenters. The van der Waals surface area contributed by atoms with Gasteiger partial charge < -0.3 is 33.8 Å². The lowest BCUT2D eigenvalue weighted by atomic mass is 10.1. The fourth-order valence-corrected chi connectivity index (χ4v) is 11.7. The monoisotopic (exact) mass is 1600 g/mol. The molecule has 5 unspecified atom stereocenters. The number of aliphatic hydroxyl groups is 1. The van der Waals surface area contributed by atoms with Crippen molar-refractivity contribution in [3.8, 4) is 0 Å². The summed E-state index contributed by atoms with van der Waals surface area (Å²) in [5.41, 5.74) is 0. The number of carbonyl (C=O) groups is 4. The zero-order valence-corrected chi connectivity index (χ0v) is 70.8. The number of ether oxygens (including phenoxy) is 4. The summed E-state index contributed by atoms with van der Waals surface area (Å²) in [4.78, 5) is 73.2. The number of hydrogen-bond donors (Lipinski definition) is 3. The Morgan fingerprint density at radius 2 is 0.482 bits per heavy atom. The van der Waals surface area contributed by atoms with Gasteiger partial charge in [0.2, 0.25) is 0 Å². The van der Waals surface area contributed by atoms with Crippen LogP contribution in [0.3, 0.4) is 0 Å². The SMILES string of the molecule is CC/C=C\C/C=C\C/C=C\C/C=C\C/C=C\C/C=C\CCC(=O)OCC(COP(=O)(O)OCC(O)COP(=O)(O)OCC(COC(=O)CCCCC/C=C\C/C=C\C/C=C\C/C=C\C/C=C\CC)OC(=O)CCCCCCCC/C=C\C/C=C\C/C=C\CCCCC)OC(=O)CCCC/C=C\C/C=C\C/C=C\C/C=C\CC. The van der Waals surface area contributed by atoms with Gasteiger partial charge in [0.1, 0.15) is 19.3 Å². The van der Waals surface area contributed by atoms with E-state index in [4.69, 9.17) is 37.0 Å². The molecule has 19 heteroatoms. The molecule has 0 aromatic heterocycles. The third-order valence-electron chi connectivity index (χ3n) is 16.4. The molecule has 0 spiro atoms. The van der Waals surface area contributed by atoms with E-state index in [-0.39, 0.29) is 25.7 Å². The van der Waals surface area contributed by atoms with Crippen LogP contribution in [0.1, 0.15) is 285 Å². The van der Waals surface area contributed by atoms with Crippen LogP contribution in [0.5, 0.6) is 0 Å². The van der Waals surface area contributed by atoms with E-state index in [9.17, 15) is 43.2 Å². The fraction of sp³-hybridized carbons (Fsp3) is 0.570. The Balaban J connectivity index is 5.55. The zero-order valence-electron chi connectivity index (χ0n) is 69.0. The van der Waals surface area contributed by atoms with Crippen LogP contribution in [0, 0.1) is 0 Å². The quantitative estimate of drug-likeness (QED) is 0.0169. The van der Waals surface area contributed by atoms with Crippen molar-refractivity contribution >= 4 is 39.5 Å². The first-order chi connectivity index (χ1) is 54.7. The molecule has 3 N–H and O–H groups in total. The highest BCUT2D eigenvalue weighted by Crippen LogP contribution is 2.45. The van der Waals surface area contributed by atoms with E-state index >= 15 is 0 Å². The van der Waals surface area contributed by atoms with Gasteiger partial charge in [0, 0.05) is 25.7 Å². The molecule has 630 valence electrons. The molecule has 0 aliphatic heterocycles. The molecular formula is C93H146O17P2. The number of carbonyl (C=O) groups excluding carboxylic acids is 4. The summed E-state index contributed by atoms with van der Waals surface area (Å²) in [6, 6.07) is 0. The van der Waals surface area contributed by atoms with Gasteiger partial charge in [0.15, 0.2) is 12.2 Å². The van der Waals surface area contributed by atoms with Crippen molar-refractivity contribution in [3.63, 3.8) is 0 Å². The van der Waals surface area contributed by atoms with Gasteiger partial charge in [-0.05, 0) is 186 Å². The summed E-state index contributed by atoms with van der Waals surface area (Å²) < 4.78 is 68.6. The lowest BCUT2D eigenvalue weighted by Gasteiger charge is -2.21. The van der Waals surface area contributed by atoms with Crippen LogP contribution >= 0.6 is 15.6 Å². The van der Waals surface area contributed by atoms with Crippen LogP contribution in [0.25, 0.3) is 0 Å². The molecule has 112 heavy (non-hydrogen) atoms. The lowest BCUT2D eigenvalue weighted by molar-refractivity contribution is -0.161. The van der Waals surface area contributed by atoms with Crippen LogP contribution in [0.4, 0.5) is 0 Å². The van der Waals surface area contributed by atoms with E-state index in [0.717, 1.165) is 173 Å². The summed E-state index contributed by atoms with van der Waals surface area (Å²) in [7, 11) is -10.0. The number of hydrogen-bond acceptors (Lipinski definition) is 15. The average Bonchev–Trinajstić information content (AvgIpc) is 0.898. The third kappa shape index (κ3) is 81.4. The van der Waals surface area contributed by atoms with Crippen molar-refractivity contribution in [2.45, 2.75) is 303 Å². The second-order valence-corrected chi connectivity index (χ2v) is 29.8. The highest BCUT2D eigenvalue weighted by molar-refractivity contribution is 7.47. The number of esters is 4. The second-order valence-electron chi connectivity index (χ2n) is 26.9. The standard InChI is InChI=1S/C93H146O17P2/c1-5-9-13-17-21-25-29-33-37-40-43-46-50-53-57-61-65-69-73-77-90(95)103-83-88(109-92(97)79-75-71-67-63-59-55-49-36-32-28-24-20-16-12-8-4)85-107-111(99,100)105-81-87(94)82-106-112(101,102)108-86-89(110-93(98)80-76-72-68-64-60-56-52-48-45-42-39-35-31-27-23-19-15-11-7-3)84-104-91(96)78-74-70-66-62-58-54-51-47-44-41-38-34-30-26-22-18-14-10-6-2/h9-10,12-14,16,21-28,33-39,43-49,53-54,57-59,63,65,69,87-89,94H,5-8,11,15,17-20,29-32,40-42,50-52,55-56,60-62,64,66-68,70-86H2,1-4H3,(H,99,100)(H,101,102)/b13-9-,14-10-,16-12-,25-21-,26-22-,27-23-,28-24-,37-33-,38-34-,39-35-,46-43-,47-44-,48-45-,49-36-,57-53-,58-54-,63-59-,69-65-. The zero-order chi connectivity index (χ0) is 81.7. The van der Waals surface area contributed by atoms with Crippen LogP contribution in [0.15, 0.2) is 219 Å². The lowest BCUT2D eigenvalue weighted by Crippen LogP contribution is -2.30. The maximum Gasteiger partial charge on any atom is 0.472 e. The minimum absolute atomic E-state index is 0.0163. The molecule has 0 aliphatic carbocycles. The van der Waals surface area contributed by atoms with Crippen molar-refractivity contribution in [3.05, 3.63) is 219 Å². The third-order valence-corrected chi connectivity index (χ3v) is 18.3. The molecule has 0 amide bonds. The normalized spacial score (nSPS) is 14.9. The van der Waals surface area contributed by atoms with Gasteiger partial charge in [-0.25, -0.2) is 9.13 Å². The Morgan fingerprint density at radius 3 is 0.795 bits per heavy atom. The first-order valence-corrected chi connectivity index (χ1v) is 45.0. The van der Waals surface area contributed by atoms with E-state index in [1.165, 1.54) is 19.3 Å². The molecule has 0 aliphatic rings.